The van der Waals surface area contributed by atoms with Crippen molar-refractivity contribution in [1.82, 2.24) is 0 Å². The molecule has 0 aromatic heterocycles. The molecule has 0 aromatic rings. The van der Waals surface area contributed by atoms with Crippen LogP contribution in [0.4, 0.5) is 0 Å². The molecule has 0 rings (SSSR count). The number of rotatable bonds is 7. The van der Waals surface area contributed by atoms with Crippen molar-refractivity contribution in [2.75, 3.05) is 6.61 Å². The lowest BCUT2D eigenvalue weighted by Crippen LogP contribution is -2.21. The number of unbranched alkanes of at least 4 members (excludes halogenated alkanes) is 1. The zero-order valence-electron chi connectivity index (χ0n) is 9.03. The zero-order valence-corrected chi connectivity index (χ0v) is 9.03. The summed E-state index contributed by atoms with van der Waals surface area (Å²) in [5.41, 5.74) is 0. The lowest BCUT2D eigenvalue weighted by Gasteiger charge is -2.19. The summed E-state index contributed by atoms with van der Waals surface area (Å²) in [6, 6.07) is 0. The molecule has 0 saturated carbocycles. The van der Waals surface area contributed by atoms with Crippen molar-refractivity contribution in [3.05, 3.63) is 12.7 Å². The Hall–Kier alpha value is -0.830. The number of hydrogen-bond acceptors (Lipinski definition) is 3. The van der Waals surface area contributed by atoms with Crippen molar-refractivity contribution in [2.45, 2.75) is 39.2 Å². The summed E-state index contributed by atoms with van der Waals surface area (Å²) in [7, 11) is 0. The van der Waals surface area contributed by atoms with E-state index in [0.29, 0.717) is 5.92 Å². The van der Waals surface area contributed by atoms with Gasteiger partial charge in [-0.2, -0.15) is 0 Å². The first-order chi connectivity index (χ1) is 6.61. The predicted octanol–water partition coefficient (Wildman–Crippen LogP) is 1.90. The van der Waals surface area contributed by atoms with Gasteiger partial charge in [0.05, 0.1) is 0 Å². The molecule has 0 radical (unpaired) electrons. The van der Waals surface area contributed by atoms with Crippen LogP contribution < -0.4 is 0 Å². The summed E-state index contributed by atoms with van der Waals surface area (Å²) in [6.07, 6.45) is 3.84. The number of carbonyl (C=O) groups excluding carboxylic acids is 1. The molecule has 0 amide bonds. The zero-order chi connectivity index (χ0) is 11.0. The molecule has 0 aliphatic carbocycles. The molecule has 0 bridgehead atoms. The Morgan fingerprint density at radius 1 is 1.50 bits per heavy atom. The Bertz CT molecular complexity index is 177. The maximum Gasteiger partial charge on any atom is 0.330 e. The number of carbonyl (C=O) groups is 1. The van der Waals surface area contributed by atoms with Gasteiger partial charge in [0.1, 0.15) is 6.10 Å². The Balaban J connectivity index is 3.69. The quantitative estimate of drug-likeness (QED) is 0.388. The summed E-state index contributed by atoms with van der Waals surface area (Å²) in [4.78, 5) is 10.9. The topological polar surface area (TPSA) is 46.5 Å². The first kappa shape index (κ1) is 13.2. The highest BCUT2D eigenvalue weighted by molar-refractivity contribution is 5.81. The monoisotopic (exact) mass is 200 g/mol. The minimum absolute atomic E-state index is 0.0841. The van der Waals surface area contributed by atoms with Gasteiger partial charge in [0.25, 0.3) is 0 Å². The second-order valence-electron chi connectivity index (χ2n) is 3.54. The van der Waals surface area contributed by atoms with E-state index >= 15 is 0 Å². The maximum absolute atomic E-state index is 10.9. The third-order valence-electron chi connectivity index (χ3n) is 2.34. The highest BCUT2D eigenvalue weighted by atomic mass is 16.5. The molecule has 0 heterocycles. The van der Waals surface area contributed by atoms with Gasteiger partial charge < -0.3 is 9.84 Å². The van der Waals surface area contributed by atoms with Gasteiger partial charge in [0.15, 0.2) is 0 Å². The van der Waals surface area contributed by atoms with Crippen LogP contribution in [-0.4, -0.2) is 23.8 Å². The van der Waals surface area contributed by atoms with Crippen LogP contribution in [-0.2, 0) is 9.53 Å². The fraction of sp³-hybridized carbons (Fsp3) is 0.727. The second kappa shape index (κ2) is 7.56. The molecule has 14 heavy (non-hydrogen) atoms. The van der Waals surface area contributed by atoms with Crippen LogP contribution >= 0.6 is 0 Å². The Morgan fingerprint density at radius 2 is 2.14 bits per heavy atom. The van der Waals surface area contributed by atoms with Crippen LogP contribution in [0.1, 0.15) is 33.1 Å². The van der Waals surface area contributed by atoms with Gasteiger partial charge in [0, 0.05) is 12.7 Å². The Kier molecular flexibility index (Phi) is 7.11. The fourth-order valence-corrected chi connectivity index (χ4v) is 1.16. The van der Waals surface area contributed by atoms with E-state index in [-0.39, 0.29) is 18.7 Å². The molecular formula is C11H20O3. The lowest BCUT2D eigenvalue weighted by molar-refractivity contribution is -0.144. The summed E-state index contributed by atoms with van der Waals surface area (Å²) in [6.45, 7) is 7.49. The molecule has 0 fully saturated rings. The van der Waals surface area contributed by atoms with Gasteiger partial charge in [0.2, 0.25) is 0 Å². The normalized spacial score (nSPS) is 14.5. The van der Waals surface area contributed by atoms with Gasteiger partial charge >= 0.3 is 5.97 Å². The molecule has 2 atom stereocenters. The van der Waals surface area contributed by atoms with Crippen LogP contribution in [0, 0.1) is 5.92 Å². The van der Waals surface area contributed by atoms with Crippen molar-refractivity contribution in [1.29, 1.82) is 0 Å². The SMILES string of the molecule is C=CC(=O)OC(C)C(C)CCCCO. The highest BCUT2D eigenvalue weighted by Gasteiger charge is 2.14. The van der Waals surface area contributed by atoms with Crippen molar-refractivity contribution >= 4 is 5.97 Å². The third kappa shape index (κ3) is 5.75. The Morgan fingerprint density at radius 3 is 2.64 bits per heavy atom. The minimum Gasteiger partial charge on any atom is -0.459 e. The van der Waals surface area contributed by atoms with E-state index in [1.165, 1.54) is 6.08 Å². The summed E-state index contributed by atoms with van der Waals surface area (Å²) < 4.78 is 5.07. The van der Waals surface area contributed by atoms with Gasteiger partial charge in [-0.05, 0) is 25.7 Å². The predicted molar refractivity (Wildman–Crippen MR) is 55.9 cm³/mol. The first-order valence-electron chi connectivity index (χ1n) is 5.05. The average Bonchev–Trinajstić information content (AvgIpc) is 2.17. The van der Waals surface area contributed by atoms with E-state index < -0.39 is 0 Å². The van der Waals surface area contributed by atoms with Crippen molar-refractivity contribution in [3.8, 4) is 0 Å². The number of hydrogen-bond donors (Lipinski definition) is 1. The van der Waals surface area contributed by atoms with Crippen LogP contribution in [0.2, 0.25) is 0 Å². The number of aliphatic hydroxyl groups is 1. The summed E-state index contributed by atoms with van der Waals surface area (Å²) in [5.74, 6) is -0.0445. The molecular weight excluding hydrogens is 180 g/mol. The van der Waals surface area contributed by atoms with E-state index in [0.717, 1.165) is 19.3 Å². The summed E-state index contributed by atoms with van der Waals surface area (Å²) >= 11 is 0. The van der Waals surface area contributed by atoms with E-state index in [2.05, 4.69) is 6.58 Å². The van der Waals surface area contributed by atoms with Crippen molar-refractivity contribution in [3.63, 3.8) is 0 Å². The van der Waals surface area contributed by atoms with Crippen LogP contribution in [0.5, 0.6) is 0 Å². The third-order valence-corrected chi connectivity index (χ3v) is 2.34. The number of aliphatic hydroxyl groups excluding tert-OH is 1. The van der Waals surface area contributed by atoms with E-state index in [4.69, 9.17) is 9.84 Å². The smallest absolute Gasteiger partial charge is 0.330 e. The molecule has 3 heteroatoms. The maximum atomic E-state index is 10.9. The standard InChI is InChI=1S/C11H20O3/c1-4-11(13)14-10(3)9(2)7-5-6-8-12/h4,9-10,12H,1,5-8H2,2-3H3. The van der Waals surface area contributed by atoms with Crippen LogP contribution in [0.15, 0.2) is 12.7 Å². The molecule has 0 saturated heterocycles. The molecule has 82 valence electrons. The number of esters is 1. The first-order valence-corrected chi connectivity index (χ1v) is 5.05. The van der Waals surface area contributed by atoms with Gasteiger partial charge in [-0.3, -0.25) is 0 Å². The lowest BCUT2D eigenvalue weighted by atomic mass is 9.99. The van der Waals surface area contributed by atoms with Gasteiger partial charge in [-0.15, -0.1) is 0 Å². The average molecular weight is 200 g/mol. The molecule has 1 N–H and O–H groups in total. The molecule has 0 aliphatic rings. The molecule has 3 nitrogen and oxygen atoms in total. The van der Waals surface area contributed by atoms with E-state index in [9.17, 15) is 4.79 Å². The van der Waals surface area contributed by atoms with Crippen molar-refractivity contribution in [2.24, 2.45) is 5.92 Å². The molecule has 0 aliphatic heterocycles. The fourth-order valence-electron chi connectivity index (χ4n) is 1.16. The van der Waals surface area contributed by atoms with Gasteiger partial charge in [-0.1, -0.05) is 19.9 Å². The molecule has 2 unspecified atom stereocenters. The van der Waals surface area contributed by atoms with Crippen molar-refractivity contribution < 1.29 is 14.6 Å². The van der Waals surface area contributed by atoms with E-state index in [1.54, 1.807) is 0 Å². The van der Waals surface area contributed by atoms with E-state index in [1.807, 2.05) is 13.8 Å². The number of ether oxygens (including phenoxy) is 1. The van der Waals surface area contributed by atoms with Gasteiger partial charge in [-0.25, -0.2) is 4.79 Å². The summed E-state index contributed by atoms with van der Waals surface area (Å²) in [5, 5.41) is 8.60. The second-order valence-corrected chi connectivity index (χ2v) is 3.54. The van der Waals surface area contributed by atoms with Crippen LogP contribution in [0.3, 0.4) is 0 Å². The largest absolute Gasteiger partial charge is 0.459 e. The highest BCUT2D eigenvalue weighted by Crippen LogP contribution is 2.14. The Labute approximate surface area is 85.8 Å². The van der Waals surface area contributed by atoms with Crippen LogP contribution in [0.25, 0.3) is 0 Å². The molecule has 0 spiro atoms. The minimum atomic E-state index is -0.369. The molecule has 0 aromatic carbocycles.